The Morgan fingerprint density at radius 3 is 2.72 bits per heavy atom. The average molecular weight is 349 g/mol. The van der Waals surface area contributed by atoms with Crippen molar-refractivity contribution in [1.29, 1.82) is 0 Å². The van der Waals surface area contributed by atoms with E-state index in [1.807, 2.05) is 33.2 Å². The molecule has 3 aromatic heterocycles. The van der Waals surface area contributed by atoms with Crippen LogP contribution >= 0.6 is 11.3 Å². The second kappa shape index (κ2) is 5.97. The van der Waals surface area contributed by atoms with Crippen molar-refractivity contribution in [2.75, 3.05) is 24.3 Å². The lowest BCUT2D eigenvalue weighted by Crippen LogP contribution is -2.08. The summed E-state index contributed by atoms with van der Waals surface area (Å²) in [5, 5.41) is 4.57. The molecule has 6 heteroatoms. The molecule has 0 aliphatic carbocycles. The van der Waals surface area contributed by atoms with Gasteiger partial charge in [0.2, 0.25) is 0 Å². The zero-order valence-electron chi connectivity index (χ0n) is 14.7. The van der Waals surface area contributed by atoms with Gasteiger partial charge < -0.3 is 10.2 Å². The standard InChI is InChI=1S/C19H19N5S/c1-11-8-12(2)22-19-15(11)16-17(25-19)18(21-10-20-16)23-13-6-5-7-14(9-13)24(3)4/h5-10H,1-4H3,(H,20,21,23). The number of nitrogens with zero attached hydrogens (tertiary/aromatic N) is 4. The minimum Gasteiger partial charge on any atom is -0.378 e. The SMILES string of the molecule is Cc1cc(C)c2c(n1)sc1c(Nc3cccc(N(C)C)c3)ncnc12. The van der Waals surface area contributed by atoms with Crippen molar-refractivity contribution in [3.8, 4) is 0 Å². The lowest BCUT2D eigenvalue weighted by molar-refractivity contribution is 1.13. The van der Waals surface area contributed by atoms with Crippen LogP contribution in [-0.4, -0.2) is 29.0 Å². The highest BCUT2D eigenvalue weighted by atomic mass is 32.1. The largest absolute Gasteiger partial charge is 0.378 e. The maximum absolute atomic E-state index is 4.68. The van der Waals surface area contributed by atoms with Crippen LogP contribution in [0.4, 0.5) is 17.2 Å². The first kappa shape index (κ1) is 15.8. The number of fused-ring (bicyclic) bond motifs is 3. The summed E-state index contributed by atoms with van der Waals surface area (Å²) < 4.78 is 1.04. The van der Waals surface area contributed by atoms with E-state index in [1.54, 1.807) is 17.7 Å². The molecule has 0 saturated heterocycles. The van der Waals surface area contributed by atoms with Crippen LogP contribution in [-0.2, 0) is 0 Å². The molecule has 1 aromatic carbocycles. The quantitative estimate of drug-likeness (QED) is 0.583. The first-order chi connectivity index (χ1) is 12.0. The topological polar surface area (TPSA) is 53.9 Å². The highest BCUT2D eigenvalue weighted by Crippen LogP contribution is 2.37. The van der Waals surface area contributed by atoms with Crippen molar-refractivity contribution < 1.29 is 0 Å². The Hall–Kier alpha value is -2.73. The smallest absolute Gasteiger partial charge is 0.151 e. The van der Waals surface area contributed by atoms with Gasteiger partial charge in [-0.25, -0.2) is 15.0 Å². The van der Waals surface area contributed by atoms with Crippen LogP contribution < -0.4 is 10.2 Å². The Morgan fingerprint density at radius 2 is 1.92 bits per heavy atom. The van der Waals surface area contributed by atoms with Gasteiger partial charge >= 0.3 is 0 Å². The zero-order chi connectivity index (χ0) is 17.6. The first-order valence-corrected chi connectivity index (χ1v) is 8.90. The van der Waals surface area contributed by atoms with Crippen LogP contribution in [0.2, 0.25) is 0 Å². The van der Waals surface area contributed by atoms with E-state index in [9.17, 15) is 0 Å². The zero-order valence-corrected chi connectivity index (χ0v) is 15.5. The fraction of sp³-hybridized carbons (Fsp3) is 0.211. The van der Waals surface area contributed by atoms with Gasteiger partial charge in [0.05, 0.1) is 10.2 Å². The van der Waals surface area contributed by atoms with Gasteiger partial charge in [0, 0.05) is 36.6 Å². The van der Waals surface area contributed by atoms with Gasteiger partial charge in [0.25, 0.3) is 0 Å². The average Bonchev–Trinajstić information content (AvgIpc) is 2.94. The molecule has 126 valence electrons. The van der Waals surface area contributed by atoms with Crippen molar-refractivity contribution in [2.24, 2.45) is 0 Å². The summed E-state index contributed by atoms with van der Waals surface area (Å²) in [6, 6.07) is 10.4. The van der Waals surface area contributed by atoms with E-state index < -0.39 is 0 Å². The molecule has 1 N–H and O–H groups in total. The number of aryl methyl sites for hydroxylation is 2. The summed E-state index contributed by atoms with van der Waals surface area (Å²) in [6.07, 6.45) is 1.62. The summed E-state index contributed by atoms with van der Waals surface area (Å²) in [7, 11) is 4.07. The molecular formula is C19H19N5S. The predicted octanol–water partition coefficient (Wildman–Crippen LogP) is 4.67. The summed E-state index contributed by atoms with van der Waals surface area (Å²) in [4.78, 5) is 16.8. The summed E-state index contributed by atoms with van der Waals surface area (Å²) in [5.74, 6) is 0.820. The molecule has 3 heterocycles. The molecule has 0 spiro atoms. The van der Waals surface area contributed by atoms with E-state index in [0.29, 0.717) is 0 Å². The molecule has 0 fully saturated rings. The molecule has 4 aromatic rings. The van der Waals surface area contributed by atoms with Crippen LogP contribution in [0.3, 0.4) is 0 Å². The fourth-order valence-corrected chi connectivity index (χ4v) is 4.19. The minimum atomic E-state index is 0.820. The van der Waals surface area contributed by atoms with E-state index in [1.165, 1.54) is 5.56 Å². The van der Waals surface area contributed by atoms with Crippen molar-refractivity contribution in [1.82, 2.24) is 15.0 Å². The monoisotopic (exact) mass is 349 g/mol. The van der Waals surface area contributed by atoms with E-state index in [-0.39, 0.29) is 0 Å². The third-order valence-corrected chi connectivity index (χ3v) is 5.26. The predicted molar refractivity (Wildman–Crippen MR) is 106 cm³/mol. The Kier molecular flexibility index (Phi) is 3.77. The van der Waals surface area contributed by atoms with Crippen LogP contribution in [0.5, 0.6) is 0 Å². The number of aromatic nitrogens is 3. The molecule has 0 radical (unpaired) electrons. The van der Waals surface area contributed by atoms with E-state index in [0.717, 1.165) is 43.3 Å². The maximum atomic E-state index is 4.68. The lowest BCUT2D eigenvalue weighted by Gasteiger charge is -2.14. The fourth-order valence-electron chi connectivity index (χ4n) is 3.00. The second-order valence-electron chi connectivity index (χ2n) is 6.33. The van der Waals surface area contributed by atoms with Crippen molar-refractivity contribution >= 4 is 49.0 Å². The first-order valence-electron chi connectivity index (χ1n) is 8.09. The number of hydrogen-bond acceptors (Lipinski definition) is 6. The lowest BCUT2D eigenvalue weighted by atomic mass is 10.1. The number of thiophene rings is 1. The van der Waals surface area contributed by atoms with Crippen LogP contribution in [0.1, 0.15) is 11.3 Å². The molecule has 0 atom stereocenters. The minimum absolute atomic E-state index is 0.820. The summed E-state index contributed by atoms with van der Waals surface area (Å²) >= 11 is 1.64. The molecule has 0 amide bonds. The van der Waals surface area contributed by atoms with Gasteiger partial charge in [-0.3, -0.25) is 0 Å². The van der Waals surface area contributed by atoms with Gasteiger partial charge in [-0.1, -0.05) is 6.07 Å². The van der Waals surface area contributed by atoms with E-state index in [4.69, 9.17) is 0 Å². The Balaban J connectivity index is 1.85. The summed E-state index contributed by atoms with van der Waals surface area (Å²) in [6.45, 7) is 4.13. The molecule has 5 nitrogen and oxygen atoms in total. The molecule has 0 aliphatic rings. The molecule has 4 rings (SSSR count). The van der Waals surface area contributed by atoms with Gasteiger partial charge in [-0.2, -0.15) is 0 Å². The Morgan fingerprint density at radius 1 is 1.08 bits per heavy atom. The molecule has 0 unspecified atom stereocenters. The Labute approximate surface area is 150 Å². The highest BCUT2D eigenvalue weighted by molar-refractivity contribution is 7.26. The second-order valence-corrected chi connectivity index (χ2v) is 7.33. The normalized spacial score (nSPS) is 11.2. The summed E-state index contributed by atoms with van der Waals surface area (Å²) in [5.41, 5.74) is 5.33. The van der Waals surface area contributed by atoms with Crippen LogP contribution in [0.15, 0.2) is 36.7 Å². The number of rotatable bonds is 3. The van der Waals surface area contributed by atoms with Gasteiger partial charge in [0.1, 0.15) is 11.2 Å². The molecule has 25 heavy (non-hydrogen) atoms. The van der Waals surface area contributed by atoms with Gasteiger partial charge in [-0.15, -0.1) is 11.3 Å². The number of nitrogens with one attached hydrogen (secondary N) is 1. The maximum Gasteiger partial charge on any atom is 0.151 e. The number of anilines is 3. The molecular weight excluding hydrogens is 330 g/mol. The third kappa shape index (κ3) is 2.78. The molecule has 0 bridgehead atoms. The number of pyridine rings is 1. The highest BCUT2D eigenvalue weighted by Gasteiger charge is 2.14. The van der Waals surface area contributed by atoms with Crippen LogP contribution in [0.25, 0.3) is 20.4 Å². The van der Waals surface area contributed by atoms with Crippen molar-refractivity contribution in [3.05, 3.63) is 47.9 Å². The van der Waals surface area contributed by atoms with Gasteiger partial charge in [0.15, 0.2) is 5.82 Å². The number of benzene rings is 1. The molecule has 0 aliphatic heterocycles. The Bertz CT molecular complexity index is 1080. The van der Waals surface area contributed by atoms with E-state index in [2.05, 4.69) is 50.3 Å². The molecule has 0 saturated carbocycles. The van der Waals surface area contributed by atoms with E-state index >= 15 is 0 Å². The number of hydrogen-bond donors (Lipinski definition) is 1. The van der Waals surface area contributed by atoms with Crippen LogP contribution in [0, 0.1) is 13.8 Å². The van der Waals surface area contributed by atoms with Crippen molar-refractivity contribution in [2.45, 2.75) is 13.8 Å². The third-order valence-electron chi connectivity index (χ3n) is 4.18. The van der Waals surface area contributed by atoms with Gasteiger partial charge in [-0.05, 0) is 43.7 Å². The van der Waals surface area contributed by atoms with Crippen molar-refractivity contribution in [3.63, 3.8) is 0 Å².